The van der Waals surface area contributed by atoms with Crippen LogP contribution >= 0.6 is 0 Å². The molecule has 2 rings (SSSR count). The van der Waals surface area contributed by atoms with Gasteiger partial charge in [-0.3, -0.25) is 4.79 Å². The normalized spacial score (nSPS) is 24.5. The predicted octanol–water partition coefficient (Wildman–Crippen LogP) is 1.23. The monoisotopic (exact) mass is 204 g/mol. The molecule has 15 heavy (non-hydrogen) atoms. The number of rotatable bonds is 4. The lowest BCUT2D eigenvalue weighted by Crippen LogP contribution is -2.62. The van der Waals surface area contributed by atoms with Crippen molar-refractivity contribution >= 4 is 5.91 Å². The first-order valence-corrected chi connectivity index (χ1v) is 5.41. The van der Waals surface area contributed by atoms with Gasteiger partial charge in [0.2, 0.25) is 5.91 Å². The quantitative estimate of drug-likeness (QED) is 0.724. The summed E-state index contributed by atoms with van der Waals surface area (Å²) in [7, 11) is 0. The van der Waals surface area contributed by atoms with Crippen LogP contribution in [0.25, 0.3) is 0 Å². The van der Waals surface area contributed by atoms with Crippen molar-refractivity contribution in [3.8, 4) is 0 Å². The van der Waals surface area contributed by atoms with E-state index in [-0.39, 0.29) is 18.0 Å². The van der Waals surface area contributed by atoms with Gasteiger partial charge in [0, 0.05) is 0 Å². The van der Waals surface area contributed by atoms with Gasteiger partial charge < -0.3 is 10.6 Å². The molecular weight excluding hydrogens is 188 g/mol. The van der Waals surface area contributed by atoms with Crippen molar-refractivity contribution in [2.75, 3.05) is 6.54 Å². The fourth-order valence-electron chi connectivity index (χ4n) is 1.83. The Balaban J connectivity index is 2.02. The van der Waals surface area contributed by atoms with E-state index in [1.807, 2.05) is 30.3 Å². The minimum absolute atomic E-state index is 0.0488. The lowest BCUT2D eigenvalue weighted by Gasteiger charge is -2.37. The predicted molar refractivity (Wildman–Crippen MR) is 59.4 cm³/mol. The van der Waals surface area contributed by atoms with Crippen molar-refractivity contribution in [1.29, 1.82) is 0 Å². The molecule has 1 saturated heterocycles. The molecule has 2 atom stereocenters. The standard InChI is InChI=1S/C12H16N2O/c1-2-8-13-11-10(14-12(11)15)9-6-4-3-5-7-9/h3-7,10-11,13H,2,8H2,1H3,(H,14,15)/t10-,11+/m1/s1. The number of β-lactam (4-membered cyclic amide) rings is 1. The molecule has 1 aromatic carbocycles. The Bertz CT molecular complexity index is 337. The molecule has 0 aromatic heterocycles. The summed E-state index contributed by atoms with van der Waals surface area (Å²) in [6, 6.07) is 10.2. The topological polar surface area (TPSA) is 41.1 Å². The Morgan fingerprint density at radius 1 is 1.33 bits per heavy atom. The molecule has 1 aliphatic heterocycles. The maximum atomic E-state index is 11.3. The number of hydrogen-bond acceptors (Lipinski definition) is 2. The molecule has 0 aliphatic carbocycles. The van der Waals surface area contributed by atoms with Crippen LogP contribution in [0.5, 0.6) is 0 Å². The summed E-state index contributed by atoms with van der Waals surface area (Å²) in [5, 5.41) is 6.17. The Kier molecular flexibility index (Phi) is 3.02. The van der Waals surface area contributed by atoms with Gasteiger partial charge >= 0.3 is 0 Å². The Morgan fingerprint density at radius 2 is 2.07 bits per heavy atom. The highest BCUT2D eigenvalue weighted by Gasteiger charge is 2.39. The van der Waals surface area contributed by atoms with Crippen molar-refractivity contribution in [2.45, 2.75) is 25.4 Å². The van der Waals surface area contributed by atoms with Crippen LogP contribution < -0.4 is 10.6 Å². The summed E-state index contributed by atoms with van der Waals surface area (Å²) in [6.07, 6.45) is 1.05. The van der Waals surface area contributed by atoms with E-state index >= 15 is 0 Å². The minimum Gasteiger partial charge on any atom is -0.346 e. The molecule has 3 nitrogen and oxygen atoms in total. The van der Waals surface area contributed by atoms with E-state index < -0.39 is 0 Å². The molecule has 80 valence electrons. The summed E-state index contributed by atoms with van der Waals surface area (Å²) in [6.45, 7) is 2.99. The zero-order chi connectivity index (χ0) is 10.7. The third-order valence-corrected chi connectivity index (χ3v) is 2.69. The van der Waals surface area contributed by atoms with E-state index in [2.05, 4.69) is 17.6 Å². The highest BCUT2D eigenvalue weighted by atomic mass is 16.2. The second-order valence-electron chi connectivity index (χ2n) is 3.83. The van der Waals surface area contributed by atoms with Crippen LogP contribution in [0.1, 0.15) is 24.9 Å². The summed E-state index contributed by atoms with van der Waals surface area (Å²) >= 11 is 0. The Morgan fingerprint density at radius 3 is 2.67 bits per heavy atom. The van der Waals surface area contributed by atoms with Crippen LogP contribution in [0.2, 0.25) is 0 Å². The number of hydrogen-bond donors (Lipinski definition) is 2. The highest BCUT2D eigenvalue weighted by molar-refractivity contribution is 5.89. The first kappa shape index (κ1) is 10.2. The Labute approximate surface area is 89.9 Å². The molecule has 0 bridgehead atoms. The SMILES string of the molecule is CCCN[C@@H]1C(=O)N[C@@H]1c1ccccc1. The summed E-state index contributed by atoms with van der Waals surface area (Å²) in [5.41, 5.74) is 1.17. The van der Waals surface area contributed by atoms with Gasteiger partial charge in [0.05, 0.1) is 6.04 Å². The first-order valence-electron chi connectivity index (χ1n) is 5.41. The second kappa shape index (κ2) is 4.45. The largest absolute Gasteiger partial charge is 0.346 e. The molecular formula is C12H16N2O. The number of benzene rings is 1. The lowest BCUT2D eigenvalue weighted by molar-refractivity contribution is -0.131. The molecule has 1 amide bonds. The molecule has 2 N–H and O–H groups in total. The minimum atomic E-state index is -0.0488. The van der Waals surface area contributed by atoms with Gasteiger partial charge in [-0.25, -0.2) is 0 Å². The molecule has 0 saturated carbocycles. The van der Waals surface area contributed by atoms with Crippen molar-refractivity contribution in [2.24, 2.45) is 0 Å². The fraction of sp³-hybridized carbons (Fsp3) is 0.417. The Hall–Kier alpha value is -1.35. The molecule has 0 unspecified atom stereocenters. The molecule has 1 aromatic rings. The number of carbonyl (C=O) groups is 1. The first-order chi connectivity index (χ1) is 7.33. The van der Waals surface area contributed by atoms with Gasteiger partial charge in [0.25, 0.3) is 0 Å². The van der Waals surface area contributed by atoms with Crippen molar-refractivity contribution < 1.29 is 4.79 Å². The molecule has 0 spiro atoms. The molecule has 0 radical (unpaired) electrons. The molecule has 3 heteroatoms. The van der Waals surface area contributed by atoms with Crippen LogP contribution in [-0.4, -0.2) is 18.5 Å². The second-order valence-corrected chi connectivity index (χ2v) is 3.83. The van der Waals surface area contributed by atoms with Crippen molar-refractivity contribution in [3.63, 3.8) is 0 Å². The van der Waals surface area contributed by atoms with E-state index in [0.29, 0.717) is 0 Å². The number of amides is 1. The third-order valence-electron chi connectivity index (χ3n) is 2.69. The average molecular weight is 204 g/mol. The van der Waals surface area contributed by atoms with Crippen LogP contribution in [0, 0.1) is 0 Å². The maximum absolute atomic E-state index is 11.3. The van der Waals surface area contributed by atoms with Crippen molar-refractivity contribution in [3.05, 3.63) is 35.9 Å². The van der Waals surface area contributed by atoms with E-state index in [4.69, 9.17) is 0 Å². The smallest absolute Gasteiger partial charge is 0.240 e. The maximum Gasteiger partial charge on any atom is 0.240 e. The highest BCUT2D eigenvalue weighted by Crippen LogP contribution is 2.24. The van der Waals surface area contributed by atoms with E-state index in [1.165, 1.54) is 5.56 Å². The van der Waals surface area contributed by atoms with Gasteiger partial charge in [0.1, 0.15) is 6.04 Å². The van der Waals surface area contributed by atoms with Gasteiger partial charge in [-0.05, 0) is 18.5 Å². The number of nitrogens with one attached hydrogen (secondary N) is 2. The van der Waals surface area contributed by atoms with Gasteiger partial charge in [-0.1, -0.05) is 37.3 Å². The number of carbonyl (C=O) groups excluding carboxylic acids is 1. The lowest BCUT2D eigenvalue weighted by atomic mass is 9.91. The van der Waals surface area contributed by atoms with Gasteiger partial charge in [-0.15, -0.1) is 0 Å². The van der Waals surface area contributed by atoms with Crippen LogP contribution in [-0.2, 0) is 4.79 Å². The zero-order valence-corrected chi connectivity index (χ0v) is 8.86. The molecule has 1 heterocycles. The van der Waals surface area contributed by atoms with Crippen molar-refractivity contribution in [1.82, 2.24) is 10.6 Å². The van der Waals surface area contributed by atoms with Gasteiger partial charge in [0.15, 0.2) is 0 Å². The fourth-order valence-corrected chi connectivity index (χ4v) is 1.83. The van der Waals surface area contributed by atoms with Crippen LogP contribution in [0.3, 0.4) is 0 Å². The summed E-state index contributed by atoms with van der Waals surface area (Å²) < 4.78 is 0. The van der Waals surface area contributed by atoms with Crippen LogP contribution in [0.4, 0.5) is 0 Å². The molecule has 1 aliphatic rings. The van der Waals surface area contributed by atoms with E-state index in [1.54, 1.807) is 0 Å². The average Bonchev–Trinajstić information content (AvgIpc) is 2.27. The molecule has 1 fully saturated rings. The zero-order valence-electron chi connectivity index (χ0n) is 8.86. The van der Waals surface area contributed by atoms with E-state index in [0.717, 1.165) is 13.0 Å². The van der Waals surface area contributed by atoms with E-state index in [9.17, 15) is 4.79 Å². The third kappa shape index (κ3) is 2.02. The van der Waals surface area contributed by atoms with Gasteiger partial charge in [-0.2, -0.15) is 0 Å². The van der Waals surface area contributed by atoms with Crippen LogP contribution in [0.15, 0.2) is 30.3 Å². The summed E-state index contributed by atoms with van der Waals surface area (Å²) in [4.78, 5) is 11.3. The summed E-state index contributed by atoms with van der Waals surface area (Å²) in [5.74, 6) is 0.109.